The lowest BCUT2D eigenvalue weighted by atomic mass is 9.97. The standard InChI is InChI=1S/C22H25BrN4O2/c1-14(2)18-10-21(27-17-4-3-16(11-24)20(23)9-17)25-13-19(18)22(28)26-12-15-5-7-29-8-6-15/h3-4,9-10,13-15H,5-8,12H2,1-2H3,(H,25,27)(H,26,28). The van der Waals surface area contributed by atoms with E-state index in [9.17, 15) is 4.79 Å². The second-order valence-corrected chi connectivity index (χ2v) is 8.36. The Bertz CT molecular complexity index is 918. The van der Waals surface area contributed by atoms with E-state index in [4.69, 9.17) is 10.00 Å². The monoisotopic (exact) mass is 456 g/mol. The lowest BCUT2D eigenvalue weighted by molar-refractivity contribution is 0.0642. The van der Waals surface area contributed by atoms with Crippen molar-refractivity contribution in [3.63, 3.8) is 0 Å². The summed E-state index contributed by atoms with van der Waals surface area (Å²) in [5, 5.41) is 15.4. The molecule has 0 saturated carbocycles. The Labute approximate surface area is 179 Å². The number of pyridine rings is 1. The highest BCUT2D eigenvalue weighted by Gasteiger charge is 2.19. The van der Waals surface area contributed by atoms with Crippen molar-refractivity contribution in [1.82, 2.24) is 10.3 Å². The van der Waals surface area contributed by atoms with Crippen LogP contribution in [0.25, 0.3) is 0 Å². The molecule has 1 fully saturated rings. The summed E-state index contributed by atoms with van der Waals surface area (Å²) >= 11 is 3.40. The van der Waals surface area contributed by atoms with Crippen LogP contribution in [0.2, 0.25) is 0 Å². The number of halogens is 1. The van der Waals surface area contributed by atoms with Crippen LogP contribution >= 0.6 is 15.9 Å². The van der Waals surface area contributed by atoms with E-state index in [2.05, 4.69) is 51.5 Å². The van der Waals surface area contributed by atoms with Crippen molar-refractivity contribution in [2.45, 2.75) is 32.6 Å². The maximum absolute atomic E-state index is 12.8. The average Bonchev–Trinajstić information content (AvgIpc) is 2.73. The van der Waals surface area contributed by atoms with Gasteiger partial charge in [0.1, 0.15) is 11.9 Å². The van der Waals surface area contributed by atoms with Crippen molar-refractivity contribution < 1.29 is 9.53 Å². The number of aromatic nitrogens is 1. The number of nitriles is 1. The molecule has 0 aliphatic carbocycles. The first kappa shape index (κ1) is 21.3. The lowest BCUT2D eigenvalue weighted by Gasteiger charge is -2.22. The average molecular weight is 457 g/mol. The molecule has 152 valence electrons. The first-order chi connectivity index (χ1) is 14.0. The molecule has 0 spiro atoms. The SMILES string of the molecule is CC(C)c1cc(Nc2ccc(C#N)c(Br)c2)ncc1C(=O)NCC1CCOCC1. The molecule has 0 atom stereocenters. The van der Waals surface area contributed by atoms with Crippen LogP contribution in [-0.4, -0.2) is 30.6 Å². The molecular weight excluding hydrogens is 432 g/mol. The van der Waals surface area contributed by atoms with E-state index in [1.807, 2.05) is 18.2 Å². The Morgan fingerprint density at radius 3 is 2.76 bits per heavy atom. The van der Waals surface area contributed by atoms with Gasteiger partial charge in [-0.2, -0.15) is 5.26 Å². The Balaban J connectivity index is 1.73. The van der Waals surface area contributed by atoms with Gasteiger partial charge in [0, 0.05) is 36.1 Å². The number of nitrogens with one attached hydrogen (secondary N) is 2. The fourth-order valence-electron chi connectivity index (χ4n) is 3.32. The Kier molecular flexibility index (Phi) is 7.24. The fraction of sp³-hybridized carbons (Fsp3) is 0.409. The van der Waals surface area contributed by atoms with Gasteiger partial charge in [-0.1, -0.05) is 13.8 Å². The summed E-state index contributed by atoms with van der Waals surface area (Å²) in [6, 6.07) is 9.45. The van der Waals surface area contributed by atoms with Gasteiger partial charge in [0.25, 0.3) is 5.91 Å². The van der Waals surface area contributed by atoms with Gasteiger partial charge < -0.3 is 15.4 Å². The number of rotatable bonds is 6. The van der Waals surface area contributed by atoms with Crippen LogP contribution in [-0.2, 0) is 4.74 Å². The van der Waals surface area contributed by atoms with Gasteiger partial charge in [0.05, 0.1) is 11.1 Å². The van der Waals surface area contributed by atoms with E-state index in [1.54, 1.807) is 12.3 Å². The van der Waals surface area contributed by atoms with Crippen LogP contribution in [0.5, 0.6) is 0 Å². The van der Waals surface area contributed by atoms with Crippen LogP contribution in [0.1, 0.15) is 54.1 Å². The topological polar surface area (TPSA) is 87.0 Å². The molecule has 7 heteroatoms. The third-order valence-corrected chi connectivity index (χ3v) is 5.71. The number of carbonyl (C=O) groups is 1. The number of nitrogens with zero attached hydrogens (tertiary/aromatic N) is 2. The highest BCUT2D eigenvalue weighted by Crippen LogP contribution is 2.26. The highest BCUT2D eigenvalue weighted by atomic mass is 79.9. The molecule has 6 nitrogen and oxygen atoms in total. The predicted molar refractivity (Wildman–Crippen MR) is 116 cm³/mol. The summed E-state index contributed by atoms with van der Waals surface area (Å²) < 4.78 is 6.10. The van der Waals surface area contributed by atoms with Crippen LogP contribution in [0.4, 0.5) is 11.5 Å². The fourth-order valence-corrected chi connectivity index (χ4v) is 3.79. The number of carbonyl (C=O) groups excluding carboxylic acids is 1. The molecule has 1 saturated heterocycles. The van der Waals surface area contributed by atoms with Crippen molar-refractivity contribution >= 4 is 33.3 Å². The molecule has 2 aromatic rings. The number of hydrogen-bond acceptors (Lipinski definition) is 5. The molecule has 29 heavy (non-hydrogen) atoms. The van der Waals surface area contributed by atoms with Crippen molar-refractivity contribution in [2.75, 3.05) is 25.1 Å². The molecule has 1 aliphatic rings. The van der Waals surface area contributed by atoms with E-state index in [0.29, 0.717) is 29.4 Å². The molecule has 3 rings (SSSR count). The van der Waals surface area contributed by atoms with Gasteiger partial charge >= 0.3 is 0 Å². The molecule has 0 bridgehead atoms. The zero-order chi connectivity index (χ0) is 20.8. The van der Waals surface area contributed by atoms with Crippen molar-refractivity contribution in [2.24, 2.45) is 5.92 Å². The minimum atomic E-state index is -0.0830. The zero-order valence-electron chi connectivity index (χ0n) is 16.7. The quantitative estimate of drug-likeness (QED) is 0.655. The first-order valence-corrected chi connectivity index (χ1v) is 10.6. The van der Waals surface area contributed by atoms with E-state index in [1.165, 1.54) is 0 Å². The number of anilines is 2. The second kappa shape index (κ2) is 9.86. The second-order valence-electron chi connectivity index (χ2n) is 7.51. The smallest absolute Gasteiger partial charge is 0.253 e. The van der Waals surface area contributed by atoms with Crippen LogP contribution in [0, 0.1) is 17.2 Å². The maximum atomic E-state index is 12.8. The van der Waals surface area contributed by atoms with Crippen LogP contribution < -0.4 is 10.6 Å². The van der Waals surface area contributed by atoms with E-state index >= 15 is 0 Å². The number of ether oxygens (including phenoxy) is 1. The predicted octanol–water partition coefficient (Wildman–Crippen LogP) is 4.74. The Morgan fingerprint density at radius 2 is 2.10 bits per heavy atom. The largest absolute Gasteiger partial charge is 0.381 e. The number of hydrogen-bond donors (Lipinski definition) is 2. The minimum absolute atomic E-state index is 0.0830. The van der Waals surface area contributed by atoms with Gasteiger partial charge in [0.2, 0.25) is 0 Å². The highest BCUT2D eigenvalue weighted by molar-refractivity contribution is 9.10. The third-order valence-electron chi connectivity index (χ3n) is 5.06. The summed E-state index contributed by atoms with van der Waals surface area (Å²) in [4.78, 5) is 17.2. The number of benzene rings is 1. The molecule has 0 radical (unpaired) electrons. The Morgan fingerprint density at radius 1 is 1.34 bits per heavy atom. The molecule has 1 aromatic carbocycles. The summed E-state index contributed by atoms with van der Waals surface area (Å²) in [7, 11) is 0. The van der Waals surface area contributed by atoms with Crippen molar-refractivity contribution in [3.8, 4) is 6.07 Å². The summed E-state index contributed by atoms with van der Waals surface area (Å²) in [6.07, 6.45) is 3.60. The molecule has 2 N–H and O–H groups in total. The molecule has 1 amide bonds. The van der Waals surface area contributed by atoms with Crippen LogP contribution in [0.15, 0.2) is 34.9 Å². The maximum Gasteiger partial charge on any atom is 0.253 e. The summed E-state index contributed by atoms with van der Waals surface area (Å²) in [6.45, 7) is 6.33. The molecule has 1 aliphatic heterocycles. The van der Waals surface area contributed by atoms with Crippen molar-refractivity contribution in [1.29, 1.82) is 5.26 Å². The van der Waals surface area contributed by atoms with Gasteiger partial charge in [-0.15, -0.1) is 0 Å². The molecule has 0 unspecified atom stereocenters. The van der Waals surface area contributed by atoms with Crippen molar-refractivity contribution in [3.05, 3.63) is 51.6 Å². The molecular formula is C22H25BrN4O2. The normalized spacial score (nSPS) is 14.4. The van der Waals surface area contributed by atoms with Gasteiger partial charge in [-0.05, 0) is 70.4 Å². The summed E-state index contributed by atoms with van der Waals surface area (Å²) in [5.74, 6) is 1.22. The third kappa shape index (κ3) is 5.55. The molecule has 2 heterocycles. The van der Waals surface area contributed by atoms with E-state index in [0.717, 1.165) is 41.8 Å². The van der Waals surface area contributed by atoms with Gasteiger partial charge in [0.15, 0.2) is 0 Å². The Hall–Kier alpha value is -2.43. The number of amides is 1. The first-order valence-electron chi connectivity index (χ1n) is 9.80. The lowest BCUT2D eigenvalue weighted by Crippen LogP contribution is -2.32. The minimum Gasteiger partial charge on any atom is -0.381 e. The van der Waals surface area contributed by atoms with Crippen LogP contribution in [0.3, 0.4) is 0 Å². The zero-order valence-corrected chi connectivity index (χ0v) is 18.3. The van der Waals surface area contributed by atoms with Gasteiger partial charge in [-0.3, -0.25) is 4.79 Å². The van der Waals surface area contributed by atoms with Gasteiger partial charge in [-0.25, -0.2) is 4.98 Å². The van der Waals surface area contributed by atoms with E-state index < -0.39 is 0 Å². The van der Waals surface area contributed by atoms with E-state index in [-0.39, 0.29) is 11.8 Å². The summed E-state index contributed by atoms with van der Waals surface area (Å²) in [5.41, 5.74) is 2.94. The molecule has 1 aromatic heterocycles.